The molecule has 1 N–H and O–H groups in total. The molecule has 122 valence electrons. The van der Waals surface area contributed by atoms with Crippen LogP contribution in [0.15, 0.2) is 22.8 Å². The van der Waals surface area contributed by atoms with Gasteiger partial charge in [0.25, 0.3) is 5.91 Å². The summed E-state index contributed by atoms with van der Waals surface area (Å²) < 4.78 is 5.15. The number of likely N-dealkylation sites (tertiary alicyclic amines) is 1. The Morgan fingerprint density at radius 3 is 3.00 bits per heavy atom. The molecule has 2 aromatic heterocycles. The fraction of sp³-hybridized carbons (Fsp3) is 0.438. The molecule has 1 saturated heterocycles. The van der Waals surface area contributed by atoms with Gasteiger partial charge in [-0.1, -0.05) is 6.92 Å². The number of rotatable bonds is 4. The lowest BCUT2D eigenvalue weighted by molar-refractivity contribution is -0.119. The Labute approximate surface area is 138 Å². The first-order chi connectivity index (χ1) is 11.1. The summed E-state index contributed by atoms with van der Waals surface area (Å²) in [5.41, 5.74) is 1.00. The summed E-state index contributed by atoms with van der Waals surface area (Å²) in [6, 6.07) is 2.82. The highest BCUT2D eigenvalue weighted by molar-refractivity contribution is 7.15. The van der Waals surface area contributed by atoms with Gasteiger partial charge in [-0.25, -0.2) is 4.98 Å². The monoisotopic (exact) mass is 333 g/mol. The Kier molecular flexibility index (Phi) is 4.47. The van der Waals surface area contributed by atoms with Crippen molar-refractivity contribution < 1.29 is 14.0 Å². The second-order valence-electron chi connectivity index (χ2n) is 5.50. The molecule has 0 unspecified atom stereocenters. The zero-order valence-corrected chi connectivity index (χ0v) is 14.0. The number of anilines is 1. The maximum atomic E-state index is 12.5. The molecule has 0 aliphatic carbocycles. The number of thiazole rings is 1. The third kappa shape index (κ3) is 3.14. The van der Waals surface area contributed by atoms with Crippen molar-refractivity contribution in [2.45, 2.75) is 39.2 Å². The minimum Gasteiger partial charge on any atom is -0.459 e. The molecule has 0 aromatic carbocycles. The number of aromatic nitrogens is 1. The van der Waals surface area contributed by atoms with Crippen molar-refractivity contribution in [3.63, 3.8) is 0 Å². The predicted octanol–water partition coefficient (Wildman–Crippen LogP) is 2.85. The summed E-state index contributed by atoms with van der Waals surface area (Å²) in [5.74, 6) is -0.154. The molecule has 23 heavy (non-hydrogen) atoms. The Balaban J connectivity index is 1.71. The van der Waals surface area contributed by atoms with Gasteiger partial charge in [0.05, 0.1) is 12.0 Å². The van der Waals surface area contributed by atoms with Crippen molar-refractivity contribution in [1.29, 1.82) is 0 Å². The highest BCUT2D eigenvalue weighted by Crippen LogP contribution is 2.25. The van der Waals surface area contributed by atoms with Gasteiger partial charge in [-0.05, 0) is 38.3 Å². The minimum absolute atomic E-state index is 0.182. The summed E-state index contributed by atoms with van der Waals surface area (Å²) in [4.78, 5) is 32.1. The third-order valence-corrected chi connectivity index (χ3v) is 4.93. The van der Waals surface area contributed by atoms with Crippen LogP contribution in [0.1, 0.15) is 40.9 Å². The van der Waals surface area contributed by atoms with Crippen LogP contribution >= 0.6 is 11.3 Å². The molecule has 1 fully saturated rings. The Bertz CT molecular complexity index is 708. The average Bonchev–Trinajstić information content (AvgIpc) is 3.27. The van der Waals surface area contributed by atoms with Crippen molar-refractivity contribution in [1.82, 2.24) is 9.88 Å². The third-order valence-electron chi connectivity index (χ3n) is 4.01. The van der Waals surface area contributed by atoms with Gasteiger partial charge in [-0.15, -0.1) is 11.3 Å². The van der Waals surface area contributed by atoms with Gasteiger partial charge in [-0.2, -0.15) is 0 Å². The lowest BCUT2D eigenvalue weighted by Gasteiger charge is -2.22. The Morgan fingerprint density at radius 1 is 1.52 bits per heavy atom. The van der Waals surface area contributed by atoms with E-state index in [1.165, 1.54) is 17.6 Å². The van der Waals surface area contributed by atoms with Crippen LogP contribution in [-0.4, -0.2) is 34.3 Å². The summed E-state index contributed by atoms with van der Waals surface area (Å²) in [5, 5.41) is 3.45. The normalized spacial score (nSPS) is 17.5. The van der Waals surface area contributed by atoms with Crippen LogP contribution in [-0.2, 0) is 11.2 Å². The molecule has 3 heterocycles. The first-order valence-electron chi connectivity index (χ1n) is 7.71. The topological polar surface area (TPSA) is 75.4 Å². The van der Waals surface area contributed by atoms with E-state index in [4.69, 9.17) is 4.42 Å². The van der Waals surface area contributed by atoms with Crippen LogP contribution in [0.3, 0.4) is 0 Å². The van der Waals surface area contributed by atoms with E-state index >= 15 is 0 Å². The fourth-order valence-electron chi connectivity index (χ4n) is 2.82. The van der Waals surface area contributed by atoms with Crippen LogP contribution in [0.4, 0.5) is 5.13 Å². The van der Waals surface area contributed by atoms with Crippen LogP contribution in [0.5, 0.6) is 0 Å². The molecule has 0 bridgehead atoms. The van der Waals surface area contributed by atoms with Gasteiger partial charge < -0.3 is 14.6 Å². The standard InChI is InChI=1S/C16H19N3O3S/c1-3-11-10(2)23-16(17-11)18-14(20)12-6-4-8-19(12)15(21)13-7-5-9-22-13/h5,7,9,12H,3-4,6,8H2,1-2H3,(H,17,18,20)/t12-/m0/s1. The van der Waals surface area contributed by atoms with Crippen LogP contribution in [0, 0.1) is 6.92 Å². The number of nitrogens with one attached hydrogen (secondary N) is 1. The molecule has 2 amide bonds. The van der Waals surface area contributed by atoms with Crippen LogP contribution in [0.25, 0.3) is 0 Å². The van der Waals surface area contributed by atoms with Gasteiger partial charge in [0.15, 0.2) is 10.9 Å². The molecule has 0 spiro atoms. The fourth-order valence-corrected chi connectivity index (χ4v) is 3.73. The number of amides is 2. The molecule has 2 aromatic rings. The molecule has 3 rings (SSSR count). The quantitative estimate of drug-likeness (QED) is 0.933. The van der Waals surface area contributed by atoms with Gasteiger partial charge >= 0.3 is 0 Å². The zero-order chi connectivity index (χ0) is 16.4. The number of nitrogens with zero attached hydrogens (tertiary/aromatic N) is 2. The maximum Gasteiger partial charge on any atom is 0.290 e. The summed E-state index contributed by atoms with van der Waals surface area (Å²) in [6.07, 6.45) is 3.76. The van der Waals surface area contributed by atoms with E-state index in [2.05, 4.69) is 10.3 Å². The van der Waals surface area contributed by atoms with Gasteiger partial charge in [0.2, 0.25) is 5.91 Å². The van der Waals surface area contributed by atoms with Gasteiger partial charge in [0.1, 0.15) is 6.04 Å². The highest BCUT2D eigenvalue weighted by Gasteiger charge is 2.35. The van der Waals surface area contributed by atoms with Crippen molar-refractivity contribution in [3.8, 4) is 0 Å². The lowest BCUT2D eigenvalue weighted by Crippen LogP contribution is -2.43. The van der Waals surface area contributed by atoms with Crippen molar-refractivity contribution in [3.05, 3.63) is 34.7 Å². The number of hydrogen-bond acceptors (Lipinski definition) is 5. The zero-order valence-electron chi connectivity index (χ0n) is 13.2. The largest absolute Gasteiger partial charge is 0.459 e. The first-order valence-corrected chi connectivity index (χ1v) is 8.53. The number of carbonyl (C=O) groups excluding carboxylic acids is 2. The van der Waals surface area contributed by atoms with E-state index in [0.29, 0.717) is 18.1 Å². The summed E-state index contributed by atoms with van der Waals surface area (Å²) in [7, 11) is 0. The molecule has 1 aliphatic heterocycles. The summed E-state index contributed by atoms with van der Waals surface area (Å²) in [6.45, 7) is 4.59. The van der Waals surface area contributed by atoms with Crippen molar-refractivity contribution in [2.24, 2.45) is 0 Å². The van der Waals surface area contributed by atoms with E-state index in [1.54, 1.807) is 17.0 Å². The SMILES string of the molecule is CCc1nc(NC(=O)[C@@H]2CCCN2C(=O)c2ccco2)sc1C. The minimum atomic E-state index is -0.470. The van der Waals surface area contributed by atoms with Crippen LogP contribution in [0.2, 0.25) is 0 Å². The van der Waals surface area contributed by atoms with E-state index in [0.717, 1.165) is 23.4 Å². The predicted molar refractivity (Wildman–Crippen MR) is 87.6 cm³/mol. The molecule has 0 saturated carbocycles. The second kappa shape index (κ2) is 6.54. The average molecular weight is 333 g/mol. The molecular weight excluding hydrogens is 314 g/mol. The lowest BCUT2D eigenvalue weighted by atomic mass is 10.2. The molecule has 1 atom stereocenters. The van der Waals surface area contributed by atoms with E-state index in [-0.39, 0.29) is 17.6 Å². The Morgan fingerprint density at radius 2 is 2.35 bits per heavy atom. The van der Waals surface area contributed by atoms with Gasteiger partial charge in [0, 0.05) is 11.4 Å². The van der Waals surface area contributed by atoms with Crippen molar-refractivity contribution >= 4 is 28.3 Å². The summed E-state index contributed by atoms with van der Waals surface area (Å²) >= 11 is 1.47. The second-order valence-corrected chi connectivity index (χ2v) is 6.70. The molecular formula is C16H19N3O3S. The molecule has 7 heteroatoms. The molecule has 0 radical (unpaired) electrons. The number of carbonyl (C=O) groups is 2. The van der Waals surface area contributed by atoms with E-state index < -0.39 is 6.04 Å². The maximum absolute atomic E-state index is 12.5. The molecule has 6 nitrogen and oxygen atoms in total. The first kappa shape index (κ1) is 15.7. The highest BCUT2D eigenvalue weighted by atomic mass is 32.1. The van der Waals surface area contributed by atoms with E-state index in [1.807, 2.05) is 13.8 Å². The van der Waals surface area contributed by atoms with E-state index in [9.17, 15) is 9.59 Å². The van der Waals surface area contributed by atoms with Gasteiger partial charge in [-0.3, -0.25) is 9.59 Å². The van der Waals surface area contributed by atoms with Crippen LogP contribution < -0.4 is 5.32 Å². The number of aryl methyl sites for hydroxylation is 2. The smallest absolute Gasteiger partial charge is 0.290 e. The van der Waals surface area contributed by atoms with Crippen molar-refractivity contribution in [2.75, 3.05) is 11.9 Å². The number of hydrogen-bond donors (Lipinski definition) is 1. The molecule has 1 aliphatic rings. The number of furan rings is 1. The Hall–Kier alpha value is -2.15.